The van der Waals surface area contributed by atoms with Crippen LogP contribution in [0.3, 0.4) is 0 Å². The Morgan fingerprint density at radius 1 is 1.27 bits per heavy atom. The van der Waals surface area contributed by atoms with Gasteiger partial charge in [0.15, 0.2) is 5.96 Å². The van der Waals surface area contributed by atoms with Gasteiger partial charge < -0.3 is 15.8 Å². The fourth-order valence-corrected chi connectivity index (χ4v) is 6.11. The predicted octanol–water partition coefficient (Wildman–Crippen LogP) is 4.81. The third-order valence-corrected chi connectivity index (χ3v) is 7.70. The minimum absolute atomic E-state index is 0.0936. The van der Waals surface area contributed by atoms with Crippen LogP contribution in [0.4, 0.5) is 0 Å². The number of nitrogens with two attached hydrogens (primary N) is 1. The lowest BCUT2D eigenvalue weighted by molar-refractivity contribution is -0.132. The second kappa shape index (κ2) is 9.17. The van der Waals surface area contributed by atoms with E-state index in [1.165, 1.54) is 0 Å². The van der Waals surface area contributed by atoms with Crippen molar-refractivity contribution in [2.45, 2.75) is 70.2 Å². The second-order valence-electron chi connectivity index (χ2n) is 11.4. The van der Waals surface area contributed by atoms with Crippen LogP contribution < -0.4 is 15.8 Å². The lowest BCUT2D eigenvalue weighted by Gasteiger charge is -2.39. The van der Waals surface area contributed by atoms with Crippen molar-refractivity contribution in [2.24, 2.45) is 22.6 Å². The summed E-state index contributed by atoms with van der Waals surface area (Å²) in [7, 11) is 0. The van der Waals surface area contributed by atoms with Gasteiger partial charge in [0.05, 0.1) is 29.1 Å². The first-order valence-corrected chi connectivity index (χ1v) is 13.2. The maximum atomic E-state index is 13.6. The molecule has 3 N–H and O–H groups in total. The van der Waals surface area contributed by atoms with Gasteiger partial charge in [-0.1, -0.05) is 29.3 Å². The molecule has 2 amide bonds. The SMILES string of the molecule is CC1(C)CC(=O)N([C@H](c2cccnc2)C2C[C@H]2C(=O)NC2CC(C)(C)Oc3c(Cl)cc(Cl)cc32)C(N)=N1. The molecule has 3 aliphatic rings. The number of hydrogen-bond donors (Lipinski definition) is 2. The number of amides is 2. The normalized spacial score (nSPS) is 26.4. The van der Waals surface area contributed by atoms with E-state index in [1.54, 1.807) is 29.4 Å². The summed E-state index contributed by atoms with van der Waals surface area (Å²) in [5.74, 6) is 0.0817. The molecule has 1 fully saturated rings. The number of aliphatic imine (C=N–C) groups is 1. The van der Waals surface area contributed by atoms with E-state index in [2.05, 4.69) is 15.3 Å². The van der Waals surface area contributed by atoms with Crippen LogP contribution in [0.2, 0.25) is 10.0 Å². The van der Waals surface area contributed by atoms with E-state index in [-0.39, 0.29) is 42.1 Å². The predicted molar refractivity (Wildman–Crippen MR) is 142 cm³/mol. The Morgan fingerprint density at radius 2 is 2.03 bits per heavy atom. The molecule has 10 heteroatoms. The van der Waals surface area contributed by atoms with Crippen LogP contribution in [0.25, 0.3) is 0 Å². The van der Waals surface area contributed by atoms with Gasteiger partial charge in [-0.25, -0.2) is 4.99 Å². The van der Waals surface area contributed by atoms with Gasteiger partial charge >= 0.3 is 0 Å². The smallest absolute Gasteiger partial charge is 0.232 e. The molecular formula is C27H31Cl2N5O3. The lowest BCUT2D eigenvalue weighted by atomic mass is 9.89. The summed E-state index contributed by atoms with van der Waals surface area (Å²) in [6.07, 6.45) is 4.81. The molecule has 5 rings (SSSR count). The molecule has 1 saturated carbocycles. The van der Waals surface area contributed by atoms with Crippen molar-refractivity contribution in [2.75, 3.05) is 0 Å². The minimum Gasteiger partial charge on any atom is -0.486 e. The largest absolute Gasteiger partial charge is 0.486 e. The maximum absolute atomic E-state index is 13.6. The molecule has 8 nitrogen and oxygen atoms in total. The molecule has 0 saturated heterocycles. The van der Waals surface area contributed by atoms with Gasteiger partial charge in [-0.15, -0.1) is 0 Å². The van der Waals surface area contributed by atoms with Gasteiger partial charge in [0.2, 0.25) is 11.8 Å². The Bertz CT molecular complexity index is 1280. The van der Waals surface area contributed by atoms with Crippen LogP contribution in [0.5, 0.6) is 5.75 Å². The van der Waals surface area contributed by atoms with Crippen molar-refractivity contribution in [3.05, 3.63) is 57.8 Å². The highest BCUT2D eigenvalue weighted by atomic mass is 35.5. The topological polar surface area (TPSA) is 110 Å². The third-order valence-electron chi connectivity index (χ3n) is 7.21. The molecule has 37 heavy (non-hydrogen) atoms. The number of carbonyl (C=O) groups excluding carboxylic acids is 2. The molecule has 4 atom stereocenters. The Balaban J connectivity index is 1.41. The number of hydrogen-bond acceptors (Lipinski definition) is 6. The van der Waals surface area contributed by atoms with Crippen LogP contribution in [0.15, 0.2) is 41.7 Å². The summed E-state index contributed by atoms with van der Waals surface area (Å²) >= 11 is 12.7. The highest BCUT2D eigenvalue weighted by Gasteiger charge is 2.53. The van der Waals surface area contributed by atoms with E-state index in [0.29, 0.717) is 28.6 Å². The highest BCUT2D eigenvalue weighted by molar-refractivity contribution is 6.35. The van der Waals surface area contributed by atoms with Crippen molar-refractivity contribution in [1.29, 1.82) is 0 Å². The number of halogens is 2. The minimum atomic E-state index is -0.566. The molecule has 196 valence electrons. The average Bonchev–Trinajstić information content (AvgIpc) is 3.57. The first-order chi connectivity index (χ1) is 17.3. The van der Waals surface area contributed by atoms with Gasteiger partial charge in [-0.2, -0.15) is 0 Å². The molecule has 2 aliphatic heterocycles. The Kier molecular flexibility index (Phi) is 6.39. The van der Waals surface area contributed by atoms with E-state index >= 15 is 0 Å². The number of carbonyl (C=O) groups is 2. The van der Waals surface area contributed by atoms with E-state index < -0.39 is 17.2 Å². The van der Waals surface area contributed by atoms with E-state index in [9.17, 15) is 9.59 Å². The molecule has 0 bridgehead atoms. The van der Waals surface area contributed by atoms with Gasteiger partial charge in [0.1, 0.15) is 11.4 Å². The first-order valence-electron chi connectivity index (χ1n) is 12.4. The first kappa shape index (κ1) is 25.8. The standard InChI is InChI=1S/C27H31Cl2N5O3/c1-26(2)12-21(35)34(25(30)33-26)22(14-6-5-7-31-13-14)16-10-17(16)24(36)32-20-11-27(3,4)37-23-18(20)8-15(28)9-19(23)29/h5-9,13,16-17,20,22H,10-12H2,1-4H3,(H2,30,33)(H,32,36)/t16?,17-,20?,22-/m1/s1. The summed E-state index contributed by atoms with van der Waals surface area (Å²) in [6.45, 7) is 7.69. The molecule has 2 aromatic rings. The Morgan fingerprint density at radius 3 is 2.70 bits per heavy atom. The van der Waals surface area contributed by atoms with Gasteiger partial charge in [0, 0.05) is 35.3 Å². The maximum Gasteiger partial charge on any atom is 0.232 e. The number of pyridine rings is 1. The van der Waals surface area contributed by atoms with E-state index in [0.717, 1.165) is 11.1 Å². The van der Waals surface area contributed by atoms with Gasteiger partial charge in [0.25, 0.3) is 0 Å². The van der Waals surface area contributed by atoms with Gasteiger partial charge in [-0.3, -0.25) is 19.5 Å². The number of ether oxygens (including phenoxy) is 1. The van der Waals surface area contributed by atoms with Crippen molar-refractivity contribution in [3.8, 4) is 5.75 Å². The van der Waals surface area contributed by atoms with Crippen molar-refractivity contribution in [3.63, 3.8) is 0 Å². The molecule has 0 radical (unpaired) electrons. The number of fused-ring (bicyclic) bond motifs is 1. The number of aromatic nitrogens is 1. The summed E-state index contributed by atoms with van der Waals surface area (Å²) in [5.41, 5.74) is 6.82. The van der Waals surface area contributed by atoms with Crippen LogP contribution in [-0.4, -0.2) is 38.8 Å². The lowest BCUT2D eigenvalue weighted by Crippen LogP contribution is -2.52. The highest BCUT2D eigenvalue weighted by Crippen LogP contribution is 2.52. The molecule has 1 aliphatic carbocycles. The zero-order valence-corrected chi connectivity index (χ0v) is 22.8. The molecule has 2 unspecified atom stereocenters. The van der Waals surface area contributed by atoms with Crippen molar-refractivity contribution < 1.29 is 14.3 Å². The third kappa shape index (κ3) is 5.14. The zero-order chi connectivity index (χ0) is 26.7. The summed E-state index contributed by atoms with van der Waals surface area (Å²) in [4.78, 5) is 37.2. The van der Waals surface area contributed by atoms with Gasteiger partial charge in [-0.05, 0) is 63.8 Å². The molecule has 3 heterocycles. The van der Waals surface area contributed by atoms with Crippen LogP contribution in [0, 0.1) is 11.8 Å². The van der Waals surface area contributed by atoms with Crippen molar-refractivity contribution in [1.82, 2.24) is 15.2 Å². The molecule has 1 aromatic heterocycles. The summed E-state index contributed by atoms with van der Waals surface area (Å²) in [6, 6.07) is 6.41. The molecular weight excluding hydrogens is 513 g/mol. The second-order valence-corrected chi connectivity index (χ2v) is 12.2. The number of nitrogens with zero attached hydrogens (tertiary/aromatic N) is 3. The number of rotatable bonds is 5. The number of guanidine groups is 1. The number of benzene rings is 1. The Labute approximate surface area is 226 Å². The fourth-order valence-electron chi connectivity index (χ4n) is 5.56. The summed E-state index contributed by atoms with van der Waals surface area (Å²) in [5, 5.41) is 4.10. The fraction of sp³-hybridized carbons (Fsp3) is 0.481. The Hall–Kier alpha value is -2.84. The zero-order valence-electron chi connectivity index (χ0n) is 21.3. The summed E-state index contributed by atoms with van der Waals surface area (Å²) < 4.78 is 6.11. The molecule has 0 spiro atoms. The monoisotopic (exact) mass is 543 g/mol. The van der Waals surface area contributed by atoms with E-state index in [1.807, 2.05) is 39.8 Å². The molecule has 1 aromatic carbocycles. The number of nitrogens with one attached hydrogen (secondary N) is 1. The van der Waals surface area contributed by atoms with Crippen LogP contribution in [-0.2, 0) is 9.59 Å². The quantitative estimate of drug-likeness (QED) is 0.562. The van der Waals surface area contributed by atoms with Crippen LogP contribution in [0.1, 0.15) is 70.2 Å². The van der Waals surface area contributed by atoms with Crippen molar-refractivity contribution >= 4 is 41.0 Å². The van der Waals surface area contributed by atoms with Crippen LogP contribution >= 0.6 is 23.2 Å². The average molecular weight is 544 g/mol. The van der Waals surface area contributed by atoms with E-state index in [4.69, 9.17) is 33.7 Å².